The largest absolute Gasteiger partial charge is 0.379 e. The summed E-state index contributed by atoms with van der Waals surface area (Å²) >= 11 is 0. The maximum absolute atomic E-state index is 14.4. The van der Waals surface area contributed by atoms with Crippen molar-refractivity contribution >= 4 is 51.4 Å². The van der Waals surface area contributed by atoms with Crippen molar-refractivity contribution in [3.63, 3.8) is 0 Å². The Kier molecular flexibility index (Phi) is 19.7. The zero-order valence-electron chi connectivity index (χ0n) is 41.6. The smallest absolute Gasteiger partial charge is 0.256 e. The molecule has 2 aromatic heterocycles. The van der Waals surface area contributed by atoms with Crippen LogP contribution < -0.4 is 15.4 Å². The van der Waals surface area contributed by atoms with Gasteiger partial charge in [0.1, 0.15) is 17.8 Å². The van der Waals surface area contributed by atoms with E-state index < -0.39 is 81.7 Å². The summed E-state index contributed by atoms with van der Waals surface area (Å²) in [5, 5.41) is 13.9. The van der Waals surface area contributed by atoms with Crippen molar-refractivity contribution in [1.82, 2.24) is 49.7 Å². The number of aryl methyl sites for hydroxylation is 2. The SMILES string of the molecule is CC[C@H](C)[C@@H]([C@@H](CC(=O)N1CCC[C@H]1[C@H](OC)[C@@H](C)C(=O)N[C@@H](Cc1ccccc1)C(=O)NS(=O)(=O)CCCn1cc(CN2C(=O)C=CC2=O)nn1)OC)N(C)C(=O)[C@@H](Nc1nccc(C)n1)C(C)C. The van der Waals surface area contributed by atoms with Crippen LogP contribution in [0.15, 0.2) is 60.9 Å². The molecule has 0 unspecified atom stereocenters. The first-order chi connectivity index (χ1) is 33.3. The molecular weight excluding hydrogens is 923 g/mol. The number of rotatable bonds is 26. The number of carbonyl (C=O) groups excluding carboxylic acids is 6. The predicted molar refractivity (Wildman–Crippen MR) is 258 cm³/mol. The van der Waals surface area contributed by atoms with Crippen molar-refractivity contribution in [2.45, 2.75) is 130 Å². The monoisotopic (exact) mass is 991 g/mol. The Balaban J connectivity index is 1.24. The average molecular weight is 992 g/mol. The number of hydrogen-bond donors (Lipinski definition) is 3. The number of methoxy groups -OCH3 is 2. The predicted octanol–water partition coefficient (Wildman–Crippen LogP) is 2.42. The van der Waals surface area contributed by atoms with Crippen LogP contribution in [-0.2, 0) is 67.8 Å². The van der Waals surface area contributed by atoms with Crippen molar-refractivity contribution < 1.29 is 46.7 Å². The summed E-state index contributed by atoms with van der Waals surface area (Å²) in [6.45, 7) is 11.8. The molecule has 70 heavy (non-hydrogen) atoms. The van der Waals surface area contributed by atoms with Crippen LogP contribution in [0.5, 0.6) is 0 Å². The molecule has 1 saturated heterocycles. The molecule has 3 N–H and O–H groups in total. The molecule has 1 fully saturated rings. The first-order valence-corrected chi connectivity index (χ1v) is 25.4. The molecule has 0 aliphatic carbocycles. The van der Waals surface area contributed by atoms with E-state index in [1.165, 1.54) is 25.1 Å². The van der Waals surface area contributed by atoms with Crippen LogP contribution in [0.25, 0.3) is 0 Å². The Morgan fingerprint density at radius 1 is 0.971 bits per heavy atom. The zero-order valence-corrected chi connectivity index (χ0v) is 42.4. The number of amides is 6. The van der Waals surface area contributed by atoms with Gasteiger partial charge in [0.15, 0.2) is 0 Å². The van der Waals surface area contributed by atoms with E-state index in [1.54, 1.807) is 66.4 Å². The van der Waals surface area contributed by atoms with Crippen molar-refractivity contribution in [3.05, 3.63) is 77.9 Å². The van der Waals surface area contributed by atoms with Crippen LogP contribution in [0, 0.1) is 24.7 Å². The highest BCUT2D eigenvalue weighted by Gasteiger charge is 2.43. The standard InChI is InChI=1S/C48H69N11O10S/c1-10-31(4)43(56(7)47(65)42(30(2)3)52-48-49-22-21-32(5)50-48)38(68-8)27-41(62)58-24-14-18-37(58)44(69-9)33(6)45(63)51-36(26-34-16-12-11-13-17-34)46(64)54-70(66,67)25-15-23-57-28-35(53-55-57)29-59-39(60)19-20-40(59)61/h11-13,16-17,19-22,28,30-31,33,36-38,42-44H,10,14-15,18,23-27,29H2,1-9H3,(H,51,63)(H,54,64)(H,49,50,52)/t31-,33+,36-,37-,38+,42-,43-,44+/m0/s1. The lowest BCUT2D eigenvalue weighted by Crippen LogP contribution is -2.56. The molecule has 2 aliphatic heterocycles. The van der Waals surface area contributed by atoms with Gasteiger partial charge in [0.25, 0.3) is 17.7 Å². The van der Waals surface area contributed by atoms with E-state index in [0.717, 1.165) is 22.7 Å². The fourth-order valence-electron chi connectivity index (χ4n) is 9.02. The summed E-state index contributed by atoms with van der Waals surface area (Å²) < 4.78 is 42.1. The third-order valence-corrected chi connectivity index (χ3v) is 14.4. The van der Waals surface area contributed by atoms with Crippen LogP contribution in [0.2, 0.25) is 0 Å². The number of likely N-dealkylation sites (tertiary alicyclic amines) is 1. The summed E-state index contributed by atoms with van der Waals surface area (Å²) in [7, 11) is 0.513. The van der Waals surface area contributed by atoms with Crippen LogP contribution >= 0.6 is 0 Å². The highest BCUT2D eigenvalue weighted by atomic mass is 32.2. The maximum Gasteiger partial charge on any atom is 0.256 e. The molecule has 1 aromatic carbocycles. The van der Waals surface area contributed by atoms with E-state index in [0.29, 0.717) is 43.0 Å². The number of imide groups is 1. The lowest BCUT2D eigenvalue weighted by atomic mass is 9.89. The lowest BCUT2D eigenvalue weighted by molar-refractivity contribution is -0.146. The molecule has 0 bridgehead atoms. The second-order valence-electron chi connectivity index (χ2n) is 18.4. The minimum atomic E-state index is -4.21. The summed E-state index contributed by atoms with van der Waals surface area (Å²) in [5.41, 5.74) is 1.76. The van der Waals surface area contributed by atoms with Gasteiger partial charge in [-0.2, -0.15) is 0 Å². The van der Waals surface area contributed by atoms with Crippen LogP contribution in [0.3, 0.4) is 0 Å². The molecule has 22 heteroatoms. The van der Waals surface area contributed by atoms with Gasteiger partial charge in [-0.05, 0) is 49.7 Å². The second-order valence-corrected chi connectivity index (χ2v) is 20.3. The van der Waals surface area contributed by atoms with E-state index in [2.05, 4.69) is 35.6 Å². The number of nitrogens with one attached hydrogen (secondary N) is 3. The van der Waals surface area contributed by atoms with Gasteiger partial charge in [-0.3, -0.25) is 43.1 Å². The highest BCUT2D eigenvalue weighted by Crippen LogP contribution is 2.30. The molecular formula is C48H69N11O10S. The topological polar surface area (TPSA) is 257 Å². The second kappa shape index (κ2) is 25.1. The van der Waals surface area contributed by atoms with Gasteiger partial charge in [0.05, 0.1) is 55.1 Å². The number of sulfonamides is 1. The number of anilines is 1. The summed E-state index contributed by atoms with van der Waals surface area (Å²) in [5.74, 6) is -4.08. The number of nitrogens with zero attached hydrogens (tertiary/aromatic N) is 8. The summed E-state index contributed by atoms with van der Waals surface area (Å²) in [4.78, 5) is 93.6. The van der Waals surface area contributed by atoms with E-state index in [1.807, 2.05) is 34.6 Å². The van der Waals surface area contributed by atoms with E-state index in [-0.39, 0.29) is 56.0 Å². The van der Waals surface area contributed by atoms with Gasteiger partial charge in [0, 0.05) is 64.8 Å². The quantitative estimate of drug-likeness (QED) is 0.0977. The number of aromatic nitrogens is 5. The van der Waals surface area contributed by atoms with Crippen molar-refractivity contribution in [1.29, 1.82) is 0 Å². The Bertz CT molecular complexity index is 2420. The van der Waals surface area contributed by atoms with Crippen molar-refractivity contribution in [3.8, 4) is 0 Å². The van der Waals surface area contributed by atoms with Gasteiger partial charge >= 0.3 is 0 Å². The third-order valence-electron chi connectivity index (χ3n) is 13.0. The molecule has 0 saturated carbocycles. The molecule has 5 rings (SSSR count). The van der Waals surface area contributed by atoms with Gasteiger partial charge < -0.3 is 29.9 Å². The Morgan fingerprint density at radius 3 is 2.30 bits per heavy atom. The molecule has 0 radical (unpaired) electrons. The fraction of sp³-hybridized carbons (Fsp3) is 0.583. The van der Waals surface area contributed by atoms with Crippen molar-refractivity contribution in [2.75, 3.05) is 38.9 Å². The van der Waals surface area contributed by atoms with Crippen LogP contribution in [0.1, 0.15) is 83.7 Å². The normalized spacial score (nSPS) is 18.0. The number of likely N-dealkylation sites (N-methyl/N-ethyl adjacent to an activating group) is 1. The Labute approximate surface area is 410 Å². The molecule has 6 amide bonds. The molecule has 382 valence electrons. The fourth-order valence-corrected chi connectivity index (χ4v) is 10.1. The van der Waals surface area contributed by atoms with Crippen molar-refractivity contribution in [2.24, 2.45) is 17.8 Å². The number of carbonyl (C=O) groups is 6. The molecule has 2 aliphatic rings. The van der Waals surface area contributed by atoms with E-state index >= 15 is 0 Å². The Hall–Kier alpha value is -6.13. The third kappa shape index (κ3) is 14.5. The van der Waals surface area contributed by atoms with Crippen LogP contribution in [0.4, 0.5) is 5.95 Å². The van der Waals surface area contributed by atoms with Gasteiger partial charge in [-0.1, -0.05) is 76.6 Å². The molecule has 3 aromatic rings. The van der Waals surface area contributed by atoms with Gasteiger partial charge in [-0.15, -0.1) is 5.10 Å². The Morgan fingerprint density at radius 2 is 1.67 bits per heavy atom. The molecule has 4 heterocycles. The number of ether oxygens (including phenoxy) is 2. The average Bonchev–Trinajstić information content (AvgIpc) is 4.08. The van der Waals surface area contributed by atoms with E-state index in [9.17, 15) is 37.2 Å². The van der Waals surface area contributed by atoms with E-state index in [4.69, 9.17) is 9.47 Å². The number of hydrogen-bond acceptors (Lipinski definition) is 15. The van der Waals surface area contributed by atoms with Crippen LogP contribution in [-0.4, -0.2) is 153 Å². The zero-order chi connectivity index (χ0) is 51.3. The minimum Gasteiger partial charge on any atom is -0.379 e. The molecule has 8 atom stereocenters. The maximum atomic E-state index is 14.4. The summed E-state index contributed by atoms with van der Waals surface area (Å²) in [6.07, 6.45) is 5.81. The summed E-state index contributed by atoms with van der Waals surface area (Å²) in [6, 6.07) is 7.65. The highest BCUT2D eigenvalue weighted by molar-refractivity contribution is 7.90. The molecule has 21 nitrogen and oxygen atoms in total. The van der Waals surface area contributed by atoms with Gasteiger partial charge in [-0.25, -0.2) is 18.4 Å². The lowest BCUT2D eigenvalue weighted by Gasteiger charge is -2.40. The molecule has 0 spiro atoms. The van der Waals surface area contributed by atoms with Gasteiger partial charge in [0.2, 0.25) is 33.7 Å². The minimum absolute atomic E-state index is 0.0218. The first-order valence-electron chi connectivity index (χ1n) is 23.8. The first kappa shape index (κ1) is 54.8. The number of benzene rings is 1.